The number of para-hydroxylation sites is 1. The molecule has 0 aliphatic carbocycles. The van der Waals surface area contributed by atoms with Gasteiger partial charge in [-0.05, 0) is 38.1 Å². The van der Waals surface area contributed by atoms with Gasteiger partial charge in [0.25, 0.3) is 5.91 Å². The number of halogens is 1. The van der Waals surface area contributed by atoms with E-state index >= 15 is 0 Å². The zero-order valence-electron chi connectivity index (χ0n) is 12.9. The Labute approximate surface area is 141 Å². The van der Waals surface area contributed by atoms with Gasteiger partial charge in [0, 0.05) is 0 Å². The third-order valence-electron chi connectivity index (χ3n) is 3.01. The van der Waals surface area contributed by atoms with Crippen molar-refractivity contribution in [3.8, 4) is 5.75 Å². The van der Waals surface area contributed by atoms with Gasteiger partial charge in [0.1, 0.15) is 0 Å². The van der Waals surface area contributed by atoms with Gasteiger partial charge in [-0.1, -0.05) is 12.1 Å². The number of nitrogens with zero attached hydrogens (tertiary/aromatic N) is 1. The maximum Gasteiger partial charge on any atom is 0.280 e. The third-order valence-corrected chi connectivity index (χ3v) is 4.18. The number of ether oxygens (including phenoxy) is 1. The van der Waals surface area contributed by atoms with E-state index in [4.69, 9.17) is 4.74 Å². The predicted molar refractivity (Wildman–Crippen MR) is 85.5 cm³/mol. The van der Waals surface area contributed by atoms with Crippen LogP contribution >= 0.6 is 11.3 Å². The number of carbonyl (C=O) groups is 2. The lowest BCUT2D eigenvalue weighted by Gasteiger charge is -2.13. The predicted octanol–water partition coefficient (Wildman–Crippen LogP) is 1.56. The largest absolute Gasteiger partial charge is 0.544 e. The molecule has 1 aromatic heterocycles. The Morgan fingerprint density at radius 1 is 1.25 bits per heavy atom. The second-order valence-electron chi connectivity index (χ2n) is 4.82. The van der Waals surface area contributed by atoms with Crippen molar-refractivity contribution in [2.24, 2.45) is 5.10 Å². The van der Waals surface area contributed by atoms with Crippen molar-refractivity contribution in [3.63, 3.8) is 0 Å². The van der Waals surface area contributed by atoms with E-state index in [9.17, 15) is 19.1 Å². The Hall–Kier alpha value is -2.74. The highest BCUT2D eigenvalue weighted by molar-refractivity contribution is 7.15. The van der Waals surface area contributed by atoms with E-state index in [0.29, 0.717) is 10.6 Å². The fourth-order valence-electron chi connectivity index (χ4n) is 1.71. The molecule has 0 fully saturated rings. The molecular weight excluding hydrogens is 335 g/mol. The number of carboxylic acid groups (broad SMARTS) is 1. The van der Waals surface area contributed by atoms with E-state index < -0.39 is 23.8 Å². The number of hydrogen-bond donors (Lipinski definition) is 1. The molecule has 1 amide bonds. The number of rotatable bonds is 6. The Kier molecular flexibility index (Phi) is 5.64. The third kappa shape index (κ3) is 4.39. The fourth-order valence-corrected chi connectivity index (χ4v) is 2.50. The van der Waals surface area contributed by atoms with Gasteiger partial charge in [-0.25, -0.2) is 9.82 Å². The zero-order chi connectivity index (χ0) is 17.7. The second kappa shape index (κ2) is 7.69. The molecule has 2 rings (SSSR count). The number of carboxylic acids is 1. The van der Waals surface area contributed by atoms with E-state index in [1.54, 1.807) is 19.1 Å². The van der Waals surface area contributed by atoms with Crippen molar-refractivity contribution in [1.29, 1.82) is 0 Å². The summed E-state index contributed by atoms with van der Waals surface area (Å²) < 4.78 is 18.7. The van der Waals surface area contributed by atoms with Crippen molar-refractivity contribution < 1.29 is 23.8 Å². The molecular formula is C16H14FN2O4S-. The summed E-state index contributed by atoms with van der Waals surface area (Å²) in [5, 5.41) is 14.6. The topological polar surface area (TPSA) is 90.8 Å². The number of hydrogen-bond acceptors (Lipinski definition) is 6. The monoisotopic (exact) mass is 349 g/mol. The van der Waals surface area contributed by atoms with Crippen LogP contribution in [0.2, 0.25) is 0 Å². The van der Waals surface area contributed by atoms with Gasteiger partial charge in [0.15, 0.2) is 17.7 Å². The van der Waals surface area contributed by atoms with Crippen LogP contribution in [0.15, 0.2) is 41.5 Å². The van der Waals surface area contributed by atoms with E-state index in [-0.39, 0.29) is 10.6 Å². The van der Waals surface area contributed by atoms with Gasteiger partial charge in [0.2, 0.25) is 0 Å². The van der Waals surface area contributed by atoms with Gasteiger partial charge in [0.05, 0.1) is 21.4 Å². The zero-order valence-corrected chi connectivity index (χ0v) is 13.7. The van der Waals surface area contributed by atoms with Crippen LogP contribution in [0.25, 0.3) is 0 Å². The van der Waals surface area contributed by atoms with Crippen LogP contribution in [-0.4, -0.2) is 23.7 Å². The number of amides is 1. The number of hydrazone groups is 1. The molecule has 0 radical (unpaired) electrons. The highest BCUT2D eigenvalue weighted by Gasteiger charge is 2.16. The number of benzene rings is 1. The van der Waals surface area contributed by atoms with E-state index in [0.717, 1.165) is 11.3 Å². The average Bonchev–Trinajstić information content (AvgIpc) is 3.04. The lowest BCUT2D eigenvalue weighted by Crippen LogP contribution is -2.34. The normalized spacial score (nSPS) is 12.5. The molecule has 1 heterocycles. The summed E-state index contributed by atoms with van der Waals surface area (Å²) in [5.74, 6) is -2.42. The van der Waals surface area contributed by atoms with Crippen molar-refractivity contribution in [1.82, 2.24) is 5.43 Å². The highest BCUT2D eigenvalue weighted by atomic mass is 32.1. The fraction of sp³-hybridized carbons (Fsp3) is 0.188. The van der Waals surface area contributed by atoms with Crippen LogP contribution in [-0.2, 0) is 4.79 Å². The minimum Gasteiger partial charge on any atom is -0.544 e. The summed E-state index contributed by atoms with van der Waals surface area (Å²) >= 11 is 0.989. The summed E-state index contributed by atoms with van der Waals surface area (Å²) in [6, 6.07) is 8.73. The van der Waals surface area contributed by atoms with Crippen LogP contribution in [0.4, 0.5) is 4.39 Å². The van der Waals surface area contributed by atoms with Gasteiger partial charge in [-0.2, -0.15) is 5.10 Å². The van der Waals surface area contributed by atoms with Crippen LogP contribution in [0.5, 0.6) is 5.75 Å². The smallest absolute Gasteiger partial charge is 0.280 e. The number of nitrogens with one attached hydrogen (secondary N) is 1. The Balaban J connectivity index is 1.97. The first-order chi connectivity index (χ1) is 11.4. The Morgan fingerprint density at radius 3 is 2.54 bits per heavy atom. The van der Waals surface area contributed by atoms with E-state index in [2.05, 4.69) is 10.5 Å². The highest BCUT2D eigenvalue weighted by Crippen LogP contribution is 2.18. The summed E-state index contributed by atoms with van der Waals surface area (Å²) in [4.78, 5) is 23.3. The van der Waals surface area contributed by atoms with E-state index in [1.807, 2.05) is 0 Å². The first-order valence-corrected chi connectivity index (χ1v) is 7.77. The molecule has 0 saturated heterocycles. The molecule has 0 unspecified atom stereocenters. The number of aromatic carboxylic acids is 1. The minimum atomic E-state index is -1.27. The molecule has 6 nitrogen and oxygen atoms in total. The average molecular weight is 349 g/mol. The molecule has 0 aliphatic heterocycles. The van der Waals surface area contributed by atoms with Crippen LogP contribution < -0.4 is 15.3 Å². The van der Waals surface area contributed by atoms with Crippen molar-refractivity contribution in [3.05, 3.63) is 52.0 Å². The molecule has 8 heteroatoms. The molecule has 0 saturated carbocycles. The molecule has 2 aromatic rings. The number of carbonyl (C=O) groups excluding carboxylic acids is 2. The molecule has 0 bridgehead atoms. The van der Waals surface area contributed by atoms with Gasteiger partial charge in [-0.3, -0.25) is 4.79 Å². The summed E-state index contributed by atoms with van der Waals surface area (Å²) in [7, 11) is 0. The van der Waals surface area contributed by atoms with Crippen LogP contribution in [0.1, 0.15) is 28.4 Å². The quantitative estimate of drug-likeness (QED) is 0.633. The Morgan fingerprint density at radius 2 is 1.92 bits per heavy atom. The minimum absolute atomic E-state index is 0.0299. The molecule has 0 aliphatic rings. The lowest BCUT2D eigenvalue weighted by molar-refractivity contribution is -0.254. The molecule has 1 N–H and O–H groups in total. The maximum atomic E-state index is 13.5. The first kappa shape index (κ1) is 17.6. The molecule has 24 heavy (non-hydrogen) atoms. The summed E-state index contributed by atoms with van der Waals surface area (Å²) in [6.07, 6.45) is -0.958. The first-order valence-electron chi connectivity index (χ1n) is 6.95. The number of thiophene rings is 1. The lowest BCUT2D eigenvalue weighted by atomic mass is 10.3. The summed E-state index contributed by atoms with van der Waals surface area (Å²) in [6.45, 7) is 3.08. The SMILES string of the molecule is C/C(=N/NC(=O)[C@H](C)Oc1ccccc1F)c1ccc(C(=O)[O-])s1. The summed E-state index contributed by atoms with van der Waals surface area (Å²) in [5.41, 5.74) is 2.73. The van der Waals surface area contributed by atoms with Gasteiger partial charge >= 0.3 is 0 Å². The van der Waals surface area contributed by atoms with Crippen molar-refractivity contribution in [2.45, 2.75) is 20.0 Å². The molecule has 1 aromatic carbocycles. The van der Waals surface area contributed by atoms with Crippen LogP contribution in [0.3, 0.4) is 0 Å². The van der Waals surface area contributed by atoms with E-state index in [1.165, 1.54) is 31.2 Å². The molecule has 126 valence electrons. The molecule has 1 atom stereocenters. The van der Waals surface area contributed by atoms with Crippen molar-refractivity contribution >= 4 is 28.9 Å². The van der Waals surface area contributed by atoms with Crippen LogP contribution in [0, 0.1) is 5.82 Å². The molecule has 0 spiro atoms. The maximum absolute atomic E-state index is 13.5. The second-order valence-corrected chi connectivity index (χ2v) is 5.90. The standard InChI is InChI=1S/C16H15FN2O4S/c1-9(13-7-8-14(24-13)16(21)22)18-19-15(20)10(2)23-12-6-4-3-5-11(12)17/h3-8,10H,1-2H3,(H,19,20)(H,21,22)/p-1/b18-9-/t10-/m0/s1. The van der Waals surface area contributed by atoms with Crippen molar-refractivity contribution in [2.75, 3.05) is 0 Å². The van der Waals surface area contributed by atoms with Gasteiger partial charge < -0.3 is 14.6 Å². The Bertz CT molecular complexity index is 788. The van der Waals surface area contributed by atoms with Gasteiger partial charge in [-0.15, -0.1) is 11.3 Å².